The van der Waals surface area contributed by atoms with Crippen molar-refractivity contribution in [3.8, 4) is 5.75 Å². The van der Waals surface area contributed by atoms with Crippen LogP contribution in [-0.2, 0) is 16.1 Å². The fraction of sp³-hybridized carbons (Fsp3) is 0.391. The molecule has 1 aliphatic rings. The molecule has 188 valence electrons. The number of carbonyl (C=O) groups is 3. The van der Waals surface area contributed by atoms with Crippen LogP contribution in [0.2, 0.25) is 0 Å². The molecule has 1 aliphatic heterocycles. The van der Waals surface area contributed by atoms with Gasteiger partial charge in [0.15, 0.2) is 5.96 Å². The number of aliphatic carboxylic acids is 1. The number of aliphatic imine (C=N–C) groups is 1. The van der Waals surface area contributed by atoms with Crippen molar-refractivity contribution in [1.29, 1.82) is 0 Å². The largest absolute Gasteiger partial charge is 0.507 e. The monoisotopic (exact) mass is 503 g/mol. The first kappa shape index (κ1) is 26.0. The number of carboxylic acids is 1. The Labute approximate surface area is 206 Å². The van der Waals surface area contributed by atoms with Gasteiger partial charge in [-0.3, -0.25) is 19.4 Å². The van der Waals surface area contributed by atoms with Gasteiger partial charge in [-0.1, -0.05) is 17.7 Å². The molecule has 0 saturated heterocycles. The minimum absolute atomic E-state index is 0.0758. The summed E-state index contributed by atoms with van der Waals surface area (Å²) < 4.78 is 0. The summed E-state index contributed by atoms with van der Waals surface area (Å²) in [6.07, 6.45) is -0.950. The fourth-order valence-corrected chi connectivity index (χ4v) is 4.50. The highest BCUT2D eigenvalue weighted by molar-refractivity contribution is 7.08. The number of rotatable bonds is 9. The van der Waals surface area contributed by atoms with Crippen molar-refractivity contribution in [3.63, 3.8) is 0 Å². The first-order chi connectivity index (χ1) is 16.6. The van der Waals surface area contributed by atoms with Gasteiger partial charge >= 0.3 is 5.97 Å². The Morgan fingerprint density at radius 2 is 2.03 bits per heavy atom. The van der Waals surface area contributed by atoms with Crippen LogP contribution in [0.15, 0.2) is 27.9 Å². The van der Waals surface area contributed by atoms with Crippen molar-refractivity contribution >= 4 is 35.1 Å². The van der Waals surface area contributed by atoms with Gasteiger partial charge in [-0.25, -0.2) is 0 Å². The standard InChI is InChI=1S/C23H29N5O6S/c1-12-3-13(2)21(33)16(4-12)18(5-20(31)32)28-19(30)9-24-22(34)17-11-35-10-14(17)6-25-23-26-7-15(29)8-27-23/h3-4,10-11,15,18,29,33H,5-9H2,1-2H3,(H,24,34)(H,28,30)(H,31,32)(H2,25,26,27)/t18-/m0/s1. The number of hydrogen-bond donors (Lipinski definition) is 7. The maximum absolute atomic E-state index is 12.7. The molecule has 11 nitrogen and oxygen atoms in total. The van der Waals surface area contributed by atoms with E-state index in [4.69, 9.17) is 0 Å². The molecule has 2 amide bonds. The van der Waals surface area contributed by atoms with Crippen molar-refractivity contribution in [2.75, 3.05) is 19.6 Å². The van der Waals surface area contributed by atoms with Crippen LogP contribution in [0.4, 0.5) is 0 Å². The maximum Gasteiger partial charge on any atom is 0.305 e. The smallest absolute Gasteiger partial charge is 0.305 e. The molecule has 0 aliphatic carbocycles. The number of thiophene rings is 1. The lowest BCUT2D eigenvalue weighted by Gasteiger charge is -2.20. The maximum atomic E-state index is 12.7. The molecule has 2 heterocycles. The molecular formula is C23H29N5O6S. The highest BCUT2D eigenvalue weighted by Gasteiger charge is 2.23. The highest BCUT2D eigenvalue weighted by Crippen LogP contribution is 2.31. The summed E-state index contributed by atoms with van der Waals surface area (Å²) in [4.78, 5) is 40.8. The van der Waals surface area contributed by atoms with Gasteiger partial charge in [0.2, 0.25) is 5.91 Å². The normalized spacial score (nSPS) is 16.0. The molecule has 12 heteroatoms. The van der Waals surface area contributed by atoms with E-state index in [1.807, 2.05) is 12.3 Å². The molecular weight excluding hydrogens is 474 g/mol. The number of aromatic hydroxyl groups is 1. The number of aryl methyl sites for hydroxylation is 2. The van der Waals surface area contributed by atoms with E-state index in [0.29, 0.717) is 47.8 Å². The number of carboxylic acid groups (broad SMARTS) is 1. The minimum Gasteiger partial charge on any atom is -0.507 e. The molecule has 2 atom stereocenters. The number of β-amino-alcohol motifs (C(OH)–C–C–N with tert-alkyl or cyclic N) is 1. The molecule has 0 bridgehead atoms. The summed E-state index contributed by atoms with van der Waals surface area (Å²) in [7, 11) is 0. The Hall–Kier alpha value is -3.64. The van der Waals surface area contributed by atoms with Gasteiger partial charge in [-0.2, -0.15) is 11.3 Å². The summed E-state index contributed by atoms with van der Waals surface area (Å²) in [6, 6.07) is 2.43. The zero-order valence-corrected chi connectivity index (χ0v) is 20.2. The number of hydrogen-bond acceptors (Lipinski definition) is 9. The van der Waals surface area contributed by atoms with E-state index in [2.05, 4.69) is 26.3 Å². The Balaban J connectivity index is 1.59. The molecule has 3 rings (SSSR count). The SMILES string of the molecule is Cc1cc(C)c(O)c([C@H](CC(=O)O)NC(=O)CNC(=O)c2cscc2CNC2=NCC(O)CN2)c1. The number of phenols is 1. The van der Waals surface area contributed by atoms with Crippen LogP contribution in [0.25, 0.3) is 0 Å². The molecule has 0 spiro atoms. The quantitative estimate of drug-likeness (QED) is 0.260. The molecule has 0 saturated carbocycles. The Morgan fingerprint density at radius 3 is 2.71 bits per heavy atom. The Bertz CT molecular complexity index is 1130. The van der Waals surface area contributed by atoms with E-state index in [1.165, 1.54) is 11.3 Å². The summed E-state index contributed by atoms with van der Waals surface area (Å²) in [5.74, 6) is -1.71. The van der Waals surface area contributed by atoms with E-state index in [0.717, 1.165) is 5.56 Å². The summed E-state index contributed by atoms with van der Waals surface area (Å²) >= 11 is 1.34. The number of carbonyl (C=O) groups excluding carboxylic acids is 2. The van der Waals surface area contributed by atoms with E-state index in [-0.39, 0.29) is 12.3 Å². The van der Waals surface area contributed by atoms with Crippen LogP contribution in [0.5, 0.6) is 5.75 Å². The summed E-state index contributed by atoms with van der Waals surface area (Å²) in [6.45, 7) is 4.15. The van der Waals surface area contributed by atoms with Crippen molar-refractivity contribution < 1.29 is 29.7 Å². The van der Waals surface area contributed by atoms with Crippen molar-refractivity contribution in [3.05, 3.63) is 50.7 Å². The molecule has 7 N–H and O–H groups in total. The third kappa shape index (κ3) is 7.17. The number of amides is 2. The lowest BCUT2D eigenvalue weighted by atomic mass is 9.97. The predicted molar refractivity (Wildman–Crippen MR) is 131 cm³/mol. The van der Waals surface area contributed by atoms with Crippen LogP contribution in [0.3, 0.4) is 0 Å². The van der Waals surface area contributed by atoms with Crippen molar-refractivity contribution in [1.82, 2.24) is 21.3 Å². The first-order valence-electron chi connectivity index (χ1n) is 11.0. The fourth-order valence-electron chi connectivity index (χ4n) is 3.66. The van der Waals surface area contributed by atoms with Gasteiger partial charge in [0.25, 0.3) is 5.91 Å². The van der Waals surface area contributed by atoms with Gasteiger partial charge in [0.1, 0.15) is 5.75 Å². The average molecular weight is 504 g/mol. The zero-order chi connectivity index (χ0) is 25.5. The molecule has 1 unspecified atom stereocenters. The second-order valence-corrected chi connectivity index (χ2v) is 9.05. The number of nitrogens with one attached hydrogen (secondary N) is 4. The number of aliphatic hydroxyl groups is 1. The van der Waals surface area contributed by atoms with Gasteiger partial charge < -0.3 is 36.6 Å². The number of guanidine groups is 1. The van der Waals surface area contributed by atoms with Crippen molar-refractivity contribution in [2.24, 2.45) is 4.99 Å². The zero-order valence-electron chi connectivity index (χ0n) is 19.4. The third-order valence-electron chi connectivity index (χ3n) is 5.37. The second kappa shape index (κ2) is 11.7. The lowest BCUT2D eigenvalue weighted by molar-refractivity contribution is -0.137. The van der Waals surface area contributed by atoms with Crippen LogP contribution >= 0.6 is 11.3 Å². The minimum atomic E-state index is -1.14. The second-order valence-electron chi connectivity index (χ2n) is 8.31. The summed E-state index contributed by atoms with van der Waals surface area (Å²) in [5.41, 5.74) is 2.82. The van der Waals surface area contributed by atoms with Crippen LogP contribution in [0, 0.1) is 13.8 Å². The molecule has 0 fully saturated rings. The number of phenolic OH excluding ortho intramolecular Hbond substituents is 1. The third-order valence-corrected chi connectivity index (χ3v) is 6.16. The Kier molecular flexibility index (Phi) is 8.66. The predicted octanol–water partition coefficient (Wildman–Crippen LogP) is 0.542. The van der Waals surface area contributed by atoms with Gasteiger partial charge in [0.05, 0.1) is 37.2 Å². The highest BCUT2D eigenvalue weighted by atomic mass is 32.1. The van der Waals surface area contributed by atoms with E-state index < -0.39 is 36.4 Å². The first-order valence-corrected chi connectivity index (χ1v) is 11.9. The Morgan fingerprint density at radius 1 is 1.26 bits per heavy atom. The average Bonchev–Trinajstić information content (AvgIpc) is 3.27. The molecule has 0 radical (unpaired) electrons. The number of aliphatic hydroxyl groups excluding tert-OH is 1. The summed E-state index contributed by atoms with van der Waals surface area (Å²) in [5, 5.41) is 43.8. The number of benzene rings is 1. The molecule has 1 aromatic heterocycles. The van der Waals surface area contributed by atoms with Crippen LogP contribution in [0.1, 0.15) is 45.1 Å². The topological polar surface area (TPSA) is 172 Å². The van der Waals surface area contributed by atoms with E-state index in [9.17, 15) is 29.7 Å². The van der Waals surface area contributed by atoms with Gasteiger partial charge in [-0.15, -0.1) is 0 Å². The van der Waals surface area contributed by atoms with Crippen LogP contribution in [-0.4, -0.2) is 64.8 Å². The van der Waals surface area contributed by atoms with E-state index in [1.54, 1.807) is 24.4 Å². The van der Waals surface area contributed by atoms with E-state index >= 15 is 0 Å². The van der Waals surface area contributed by atoms with Crippen LogP contribution < -0.4 is 21.3 Å². The molecule has 2 aromatic rings. The number of nitrogens with zero attached hydrogens (tertiary/aromatic N) is 1. The molecule has 35 heavy (non-hydrogen) atoms. The lowest BCUT2D eigenvalue weighted by Crippen LogP contribution is -2.45. The van der Waals surface area contributed by atoms with Gasteiger partial charge in [0, 0.05) is 24.0 Å². The van der Waals surface area contributed by atoms with Crippen molar-refractivity contribution in [2.45, 2.75) is 39.0 Å². The molecule has 1 aromatic carbocycles. The van der Waals surface area contributed by atoms with Gasteiger partial charge in [-0.05, 0) is 30.4 Å².